The van der Waals surface area contributed by atoms with E-state index in [0.29, 0.717) is 5.56 Å². The van der Waals surface area contributed by atoms with Crippen LogP contribution in [-0.2, 0) is 23.8 Å². The zero-order valence-corrected chi connectivity index (χ0v) is 20.4. The molecule has 1 N–H and O–H groups in total. The van der Waals surface area contributed by atoms with Crippen molar-refractivity contribution < 1.29 is 9.90 Å². The van der Waals surface area contributed by atoms with Gasteiger partial charge >= 0.3 is 5.97 Å². The number of carboxylic acids is 1. The van der Waals surface area contributed by atoms with Gasteiger partial charge in [0.25, 0.3) is 0 Å². The molecule has 0 saturated heterocycles. The molecule has 172 valence electrons. The summed E-state index contributed by atoms with van der Waals surface area (Å²) in [6.07, 6.45) is 11.5. The maximum absolute atomic E-state index is 11.2. The van der Waals surface area contributed by atoms with Crippen LogP contribution in [0, 0.1) is 6.92 Å². The number of fused-ring (bicyclic) bond motifs is 1. The number of aromatic carboxylic acids is 1. The molecule has 0 unspecified atom stereocenters. The van der Waals surface area contributed by atoms with Gasteiger partial charge in [0.2, 0.25) is 0 Å². The summed E-state index contributed by atoms with van der Waals surface area (Å²) < 4.78 is 2.02. The fraction of sp³-hybridized carbons (Fsp3) is 0.379. The van der Waals surface area contributed by atoms with E-state index in [1.54, 1.807) is 12.1 Å². The van der Waals surface area contributed by atoms with Gasteiger partial charge in [-0.15, -0.1) is 0 Å². The van der Waals surface area contributed by atoms with Crippen molar-refractivity contribution in [1.29, 1.82) is 0 Å². The molecule has 0 fully saturated rings. The van der Waals surface area contributed by atoms with Gasteiger partial charge in [-0.2, -0.15) is 5.10 Å². The minimum Gasteiger partial charge on any atom is -0.478 e. The lowest BCUT2D eigenvalue weighted by Gasteiger charge is -2.42. The predicted molar refractivity (Wildman–Crippen MR) is 135 cm³/mol. The standard InChI is InChI=1S/C29H34N2O2/c1-20-18-30-31(19-20)15-12-24-17-26-25(28(2,3)13-14-29(26,4)5)16-23(24)11-8-21-6-9-22(10-7-21)27(32)33/h6-11,16-19H,12-15H2,1-5H3,(H,32,33)/b11-8+. The summed E-state index contributed by atoms with van der Waals surface area (Å²) in [5, 5.41) is 13.6. The van der Waals surface area contributed by atoms with Crippen molar-refractivity contribution in [2.24, 2.45) is 0 Å². The van der Waals surface area contributed by atoms with Crippen molar-refractivity contribution in [2.45, 2.75) is 71.3 Å². The van der Waals surface area contributed by atoms with Crippen LogP contribution in [-0.4, -0.2) is 20.9 Å². The first kappa shape index (κ1) is 23.0. The number of rotatable bonds is 6. The Balaban J connectivity index is 1.73. The molecule has 1 aromatic heterocycles. The second kappa shape index (κ2) is 8.66. The van der Waals surface area contributed by atoms with E-state index >= 15 is 0 Å². The first-order valence-electron chi connectivity index (χ1n) is 11.7. The highest BCUT2D eigenvalue weighted by atomic mass is 16.4. The minimum absolute atomic E-state index is 0.147. The Kier molecular flexibility index (Phi) is 6.04. The summed E-state index contributed by atoms with van der Waals surface area (Å²) in [4.78, 5) is 11.2. The second-order valence-corrected chi connectivity index (χ2v) is 10.7. The number of carboxylic acid groups (broad SMARTS) is 1. The Hall–Kier alpha value is -3.14. The van der Waals surface area contributed by atoms with Gasteiger partial charge in [-0.05, 0) is 82.5 Å². The highest BCUT2D eigenvalue weighted by Gasteiger charge is 2.37. The molecule has 1 aliphatic carbocycles. The number of aryl methyl sites for hydroxylation is 3. The van der Waals surface area contributed by atoms with E-state index in [9.17, 15) is 4.79 Å². The smallest absolute Gasteiger partial charge is 0.335 e. The maximum atomic E-state index is 11.2. The SMILES string of the molecule is Cc1cnn(CCc2cc3c(cc2/C=C/c2ccc(C(=O)O)cc2)C(C)(C)CCC3(C)C)c1. The minimum atomic E-state index is -0.902. The Morgan fingerprint density at radius 1 is 1.03 bits per heavy atom. The van der Waals surface area contributed by atoms with E-state index in [2.05, 4.69) is 70.2 Å². The van der Waals surface area contributed by atoms with Crippen molar-refractivity contribution in [3.8, 4) is 0 Å². The molecule has 0 saturated carbocycles. The summed E-state index contributed by atoms with van der Waals surface area (Å²) in [6.45, 7) is 12.3. The first-order chi connectivity index (χ1) is 15.5. The topological polar surface area (TPSA) is 55.1 Å². The van der Waals surface area contributed by atoms with E-state index < -0.39 is 5.97 Å². The van der Waals surface area contributed by atoms with Crippen LogP contribution in [0.2, 0.25) is 0 Å². The van der Waals surface area contributed by atoms with E-state index in [1.807, 2.05) is 23.0 Å². The summed E-state index contributed by atoms with van der Waals surface area (Å²) in [6, 6.07) is 11.8. The molecular formula is C29H34N2O2. The molecule has 0 bridgehead atoms. The van der Waals surface area contributed by atoms with E-state index in [-0.39, 0.29) is 10.8 Å². The predicted octanol–water partition coefficient (Wildman–Crippen LogP) is 6.65. The van der Waals surface area contributed by atoms with Gasteiger partial charge in [0.15, 0.2) is 0 Å². The van der Waals surface area contributed by atoms with Gasteiger partial charge in [-0.1, -0.05) is 64.1 Å². The van der Waals surface area contributed by atoms with Crippen LogP contribution in [0.5, 0.6) is 0 Å². The third-order valence-corrected chi connectivity index (χ3v) is 7.10. The molecule has 0 spiro atoms. The number of benzene rings is 2. The molecule has 4 nitrogen and oxygen atoms in total. The van der Waals surface area contributed by atoms with Crippen LogP contribution in [0.25, 0.3) is 12.2 Å². The molecular weight excluding hydrogens is 408 g/mol. The zero-order valence-electron chi connectivity index (χ0n) is 20.4. The highest BCUT2D eigenvalue weighted by molar-refractivity contribution is 5.88. The molecule has 0 atom stereocenters. The van der Waals surface area contributed by atoms with Crippen LogP contribution in [0.15, 0.2) is 48.8 Å². The highest BCUT2D eigenvalue weighted by Crippen LogP contribution is 2.46. The Labute approximate surface area is 197 Å². The van der Waals surface area contributed by atoms with Crippen molar-refractivity contribution >= 4 is 18.1 Å². The Morgan fingerprint density at radius 3 is 2.24 bits per heavy atom. The van der Waals surface area contributed by atoms with Crippen LogP contribution in [0.4, 0.5) is 0 Å². The summed E-state index contributed by atoms with van der Waals surface area (Å²) >= 11 is 0. The van der Waals surface area contributed by atoms with Crippen molar-refractivity contribution in [1.82, 2.24) is 9.78 Å². The third kappa shape index (κ3) is 4.95. The molecule has 4 heteroatoms. The molecule has 1 aliphatic rings. The molecule has 33 heavy (non-hydrogen) atoms. The average molecular weight is 443 g/mol. The fourth-order valence-electron chi connectivity index (χ4n) is 4.79. The summed E-state index contributed by atoms with van der Waals surface area (Å²) in [5.74, 6) is -0.902. The van der Waals surface area contributed by atoms with E-state index in [0.717, 1.165) is 18.5 Å². The molecule has 2 aromatic carbocycles. The lowest BCUT2D eigenvalue weighted by atomic mass is 9.62. The Morgan fingerprint density at radius 2 is 1.67 bits per heavy atom. The zero-order chi connectivity index (χ0) is 23.8. The van der Waals surface area contributed by atoms with E-state index in [4.69, 9.17) is 5.11 Å². The molecule has 3 aromatic rings. The third-order valence-electron chi connectivity index (χ3n) is 7.10. The van der Waals surface area contributed by atoms with Crippen molar-refractivity contribution in [3.63, 3.8) is 0 Å². The average Bonchev–Trinajstić information content (AvgIpc) is 3.19. The normalized spacial score (nSPS) is 16.6. The van der Waals surface area contributed by atoms with Gasteiger partial charge in [0, 0.05) is 12.7 Å². The quantitative estimate of drug-likeness (QED) is 0.435. The van der Waals surface area contributed by atoms with Gasteiger partial charge < -0.3 is 5.11 Å². The van der Waals surface area contributed by atoms with Gasteiger partial charge in [0.05, 0.1) is 11.8 Å². The maximum Gasteiger partial charge on any atom is 0.335 e. The fourth-order valence-corrected chi connectivity index (χ4v) is 4.79. The lowest BCUT2D eigenvalue weighted by molar-refractivity contribution is 0.0697. The number of hydrogen-bond acceptors (Lipinski definition) is 2. The van der Waals surface area contributed by atoms with Crippen LogP contribution in [0.1, 0.15) is 84.3 Å². The monoisotopic (exact) mass is 442 g/mol. The second-order valence-electron chi connectivity index (χ2n) is 10.7. The Bertz CT molecular complexity index is 1200. The van der Waals surface area contributed by atoms with Gasteiger partial charge in [-0.25, -0.2) is 4.79 Å². The lowest BCUT2D eigenvalue weighted by Crippen LogP contribution is -2.34. The number of hydrogen-bond donors (Lipinski definition) is 1. The van der Waals surface area contributed by atoms with E-state index in [1.165, 1.54) is 40.7 Å². The van der Waals surface area contributed by atoms with Crippen molar-refractivity contribution in [2.75, 3.05) is 0 Å². The summed E-state index contributed by atoms with van der Waals surface area (Å²) in [5.41, 5.74) is 8.24. The summed E-state index contributed by atoms with van der Waals surface area (Å²) in [7, 11) is 0. The van der Waals surface area contributed by atoms with Gasteiger partial charge in [-0.3, -0.25) is 4.68 Å². The van der Waals surface area contributed by atoms with Crippen LogP contribution < -0.4 is 0 Å². The number of nitrogens with zero attached hydrogens (tertiary/aromatic N) is 2. The molecule has 0 aliphatic heterocycles. The molecule has 0 radical (unpaired) electrons. The molecule has 1 heterocycles. The largest absolute Gasteiger partial charge is 0.478 e. The van der Waals surface area contributed by atoms with Crippen molar-refractivity contribution in [3.05, 3.63) is 87.7 Å². The molecule has 0 amide bonds. The molecule has 4 rings (SSSR count). The van der Waals surface area contributed by atoms with Gasteiger partial charge in [0.1, 0.15) is 0 Å². The number of carbonyl (C=O) groups is 1. The first-order valence-corrected chi connectivity index (χ1v) is 11.7. The van der Waals surface area contributed by atoms with Crippen LogP contribution >= 0.6 is 0 Å². The number of aromatic nitrogens is 2. The van der Waals surface area contributed by atoms with Crippen LogP contribution in [0.3, 0.4) is 0 Å².